The standard InChI is InChI=1S/C19H23N5O2/c1-12-10-16(21-18-7-8-20-24(12)18)17-6-4-5-9-23(17)19(25)11-15-13(2)22-26-14(15)3/h7-8,10,17H,4-6,9,11H2,1-3H3. The summed E-state index contributed by atoms with van der Waals surface area (Å²) in [6, 6.07) is 3.96. The van der Waals surface area contributed by atoms with Gasteiger partial charge < -0.3 is 9.42 Å². The number of carbonyl (C=O) groups is 1. The van der Waals surface area contributed by atoms with Crippen LogP contribution in [-0.2, 0) is 11.2 Å². The lowest BCUT2D eigenvalue weighted by Crippen LogP contribution is -2.40. The van der Waals surface area contributed by atoms with Crippen molar-refractivity contribution in [2.45, 2.75) is 52.5 Å². The van der Waals surface area contributed by atoms with Crippen molar-refractivity contribution in [2.75, 3.05) is 6.54 Å². The second kappa shape index (κ2) is 6.55. The lowest BCUT2D eigenvalue weighted by molar-refractivity contribution is -0.134. The first-order valence-corrected chi connectivity index (χ1v) is 9.07. The first kappa shape index (κ1) is 16.8. The lowest BCUT2D eigenvalue weighted by atomic mass is 9.97. The summed E-state index contributed by atoms with van der Waals surface area (Å²) in [5, 5.41) is 8.25. The molecule has 1 amide bonds. The molecule has 7 nitrogen and oxygen atoms in total. The molecule has 7 heteroatoms. The Balaban J connectivity index is 1.64. The summed E-state index contributed by atoms with van der Waals surface area (Å²) in [4.78, 5) is 19.8. The maximum absolute atomic E-state index is 13.1. The Kier molecular flexibility index (Phi) is 4.22. The summed E-state index contributed by atoms with van der Waals surface area (Å²) in [6.45, 7) is 6.52. The average Bonchev–Trinajstić information content (AvgIpc) is 3.24. The lowest BCUT2D eigenvalue weighted by Gasteiger charge is -2.35. The van der Waals surface area contributed by atoms with Crippen LogP contribution in [-0.4, -0.2) is 37.1 Å². The highest BCUT2D eigenvalue weighted by molar-refractivity contribution is 5.79. The SMILES string of the molecule is Cc1noc(C)c1CC(=O)N1CCCCC1c1cc(C)n2nccc2n1. The van der Waals surface area contributed by atoms with Gasteiger partial charge in [-0.15, -0.1) is 0 Å². The van der Waals surface area contributed by atoms with Crippen molar-refractivity contribution < 1.29 is 9.32 Å². The quantitative estimate of drug-likeness (QED) is 0.723. The maximum atomic E-state index is 13.1. The summed E-state index contributed by atoms with van der Waals surface area (Å²) in [5.74, 6) is 0.830. The second-order valence-corrected chi connectivity index (χ2v) is 7.00. The largest absolute Gasteiger partial charge is 0.361 e. The maximum Gasteiger partial charge on any atom is 0.227 e. The Bertz CT molecular complexity index is 939. The molecule has 0 aliphatic carbocycles. The van der Waals surface area contributed by atoms with E-state index in [1.165, 1.54) is 0 Å². The van der Waals surface area contributed by atoms with Gasteiger partial charge in [0.2, 0.25) is 5.91 Å². The van der Waals surface area contributed by atoms with E-state index in [4.69, 9.17) is 9.51 Å². The Morgan fingerprint density at radius 1 is 1.31 bits per heavy atom. The van der Waals surface area contributed by atoms with Crippen LogP contribution in [0.15, 0.2) is 22.9 Å². The number of likely N-dealkylation sites (tertiary alicyclic amines) is 1. The molecule has 0 radical (unpaired) electrons. The molecule has 4 rings (SSSR count). The number of hydrogen-bond acceptors (Lipinski definition) is 5. The predicted octanol–water partition coefficient (Wildman–Crippen LogP) is 2.94. The van der Waals surface area contributed by atoms with E-state index in [1.807, 2.05) is 42.3 Å². The number of nitrogens with zero attached hydrogens (tertiary/aromatic N) is 5. The number of aromatic nitrogens is 4. The van der Waals surface area contributed by atoms with Crippen molar-refractivity contribution in [3.8, 4) is 0 Å². The van der Waals surface area contributed by atoms with Crippen LogP contribution < -0.4 is 0 Å². The molecule has 1 fully saturated rings. The van der Waals surface area contributed by atoms with Crippen molar-refractivity contribution in [3.63, 3.8) is 0 Å². The smallest absolute Gasteiger partial charge is 0.227 e. The van der Waals surface area contributed by atoms with Crippen LogP contribution in [0.3, 0.4) is 0 Å². The second-order valence-electron chi connectivity index (χ2n) is 7.00. The molecule has 26 heavy (non-hydrogen) atoms. The zero-order chi connectivity index (χ0) is 18.3. The van der Waals surface area contributed by atoms with E-state index in [1.54, 1.807) is 6.20 Å². The van der Waals surface area contributed by atoms with Crippen LogP contribution in [0.25, 0.3) is 5.65 Å². The monoisotopic (exact) mass is 353 g/mol. The van der Waals surface area contributed by atoms with Gasteiger partial charge in [0.15, 0.2) is 5.65 Å². The van der Waals surface area contributed by atoms with E-state index >= 15 is 0 Å². The van der Waals surface area contributed by atoms with E-state index in [2.05, 4.69) is 10.3 Å². The van der Waals surface area contributed by atoms with E-state index in [0.717, 1.165) is 59.9 Å². The molecule has 1 saturated heterocycles. The number of carbonyl (C=O) groups excluding carboxylic acids is 1. The number of hydrogen-bond donors (Lipinski definition) is 0. The molecule has 3 aromatic rings. The first-order chi connectivity index (χ1) is 12.5. The Morgan fingerprint density at radius 3 is 2.92 bits per heavy atom. The van der Waals surface area contributed by atoms with E-state index < -0.39 is 0 Å². The minimum absolute atomic E-state index is 0.00956. The van der Waals surface area contributed by atoms with Crippen molar-refractivity contribution in [2.24, 2.45) is 0 Å². The summed E-state index contributed by atoms with van der Waals surface area (Å²) < 4.78 is 7.03. The van der Waals surface area contributed by atoms with Crippen molar-refractivity contribution in [3.05, 3.63) is 46.7 Å². The van der Waals surface area contributed by atoms with Gasteiger partial charge in [0, 0.05) is 23.9 Å². The van der Waals surface area contributed by atoms with Gasteiger partial charge in [-0.05, 0) is 46.1 Å². The number of aryl methyl sites for hydroxylation is 3. The first-order valence-electron chi connectivity index (χ1n) is 9.07. The van der Waals surface area contributed by atoms with E-state index in [9.17, 15) is 4.79 Å². The number of fused-ring (bicyclic) bond motifs is 1. The molecule has 4 heterocycles. The van der Waals surface area contributed by atoms with Crippen LogP contribution >= 0.6 is 0 Å². The molecule has 136 valence electrons. The number of rotatable bonds is 3. The highest BCUT2D eigenvalue weighted by Crippen LogP contribution is 2.31. The summed E-state index contributed by atoms with van der Waals surface area (Å²) in [6.07, 6.45) is 5.14. The van der Waals surface area contributed by atoms with Crippen molar-refractivity contribution in [1.82, 2.24) is 24.7 Å². The molecule has 1 unspecified atom stereocenters. The van der Waals surface area contributed by atoms with Crippen molar-refractivity contribution in [1.29, 1.82) is 0 Å². The molecular weight excluding hydrogens is 330 g/mol. The van der Waals surface area contributed by atoms with Gasteiger partial charge >= 0.3 is 0 Å². The van der Waals surface area contributed by atoms with Gasteiger partial charge in [-0.1, -0.05) is 5.16 Å². The third-order valence-electron chi connectivity index (χ3n) is 5.23. The fraction of sp³-hybridized carbons (Fsp3) is 0.474. The molecule has 1 aliphatic rings. The summed E-state index contributed by atoms with van der Waals surface area (Å²) >= 11 is 0. The van der Waals surface area contributed by atoms with Gasteiger partial charge in [-0.2, -0.15) is 5.10 Å². The zero-order valence-corrected chi connectivity index (χ0v) is 15.4. The fourth-order valence-corrected chi connectivity index (χ4v) is 3.81. The van der Waals surface area contributed by atoms with Crippen LogP contribution in [0.2, 0.25) is 0 Å². The topological polar surface area (TPSA) is 76.5 Å². The number of piperidine rings is 1. The zero-order valence-electron chi connectivity index (χ0n) is 15.4. The van der Waals surface area contributed by atoms with Gasteiger partial charge in [0.25, 0.3) is 0 Å². The number of amides is 1. The predicted molar refractivity (Wildman–Crippen MR) is 95.7 cm³/mol. The van der Waals surface area contributed by atoms with Gasteiger partial charge in [-0.3, -0.25) is 4.79 Å². The van der Waals surface area contributed by atoms with Crippen LogP contribution in [0.4, 0.5) is 0 Å². The van der Waals surface area contributed by atoms with Gasteiger partial charge in [-0.25, -0.2) is 9.50 Å². The third kappa shape index (κ3) is 2.87. The normalized spacial score (nSPS) is 17.8. The molecule has 0 saturated carbocycles. The molecule has 1 atom stereocenters. The summed E-state index contributed by atoms with van der Waals surface area (Å²) in [5.41, 5.74) is 4.48. The van der Waals surface area contributed by atoms with Crippen LogP contribution in [0.5, 0.6) is 0 Å². The molecule has 0 spiro atoms. The average molecular weight is 353 g/mol. The minimum Gasteiger partial charge on any atom is -0.361 e. The Labute approximate surface area is 152 Å². The molecule has 0 aromatic carbocycles. The Hall–Kier alpha value is -2.70. The minimum atomic E-state index is 0.00956. The van der Waals surface area contributed by atoms with Crippen LogP contribution in [0.1, 0.15) is 53.7 Å². The van der Waals surface area contributed by atoms with E-state index in [-0.39, 0.29) is 11.9 Å². The highest BCUT2D eigenvalue weighted by Gasteiger charge is 2.30. The molecule has 3 aromatic heterocycles. The fourth-order valence-electron chi connectivity index (χ4n) is 3.81. The molecular formula is C19H23N5O2. The highest BCUT2D eigenvalue weighted by atomic mass is 16.5. The Morgan fingerprint density at radius 2 is 2.15 bits per heavy atom. The van der Waals surface area contributed by atoms with Crippen LogP contribution in [0, 0.1) is 20.8 Å². The molecule has 1 aliphatic heterocycles. The van der Waals surface area contributed by atoms with Gasteiger partial charge in [0.05, 0.1) is 30.0 Å². The third-order valence-corrected chi connectivity index (χ3v) is 5.23. The molecule has 0 bridgehead atoms. The van der Waals surface area contributed by atoms with Gasteiger partial charge in [0.1, 0.15) is 5.76 Å². The van der Waals surface area contributed by atoms with Crippen molar-refractivity contribution >= 4 is 11.6 Å². The van der Waals surface area contributed by atoms with E-state index in [0.29, 0.717) is 6.42 Å². The summed E-state index contributed by atoms with van der Waals surface area (Å²) in [7, 11) is 0. The molecule has 0 N–H and O–H groups in total.